The standard InChI is InChI=1S/C19H25N3O5/c1-3-26-15-7-5-14(6-8-15)22-17(23)13-16(18(22)24)20-9-11-21(12-10-20)19(25)27-4-2/h5-8,16H,3-4,9-13H2,1-2H3/t16-/m0/s1. The summed E-state index contributed by atoms with van der Waals surface area (Å²) in [6.07, 6.45) is -0.173. The van der Waals surface area contributed by atoms with Crippen molar-refractivity contribution in [1.82, 2.24) is 9.80 Å². The summed E-state index contributed by atoms with van der Waals surface area (Å²) < 4.78 is 10.4. The number of carbonyl (C=O) groups is 3. The number of nitrogens with zero attached hydrogens (tertiary/aromatic N) is 3. The average molecular weight is 375 g/mol. The summed E-state index contributed by atoms with van der Waals surface area (Å²) >= 11 is 0. The predicted octanol–water partition coefficient (Wildman–Crippen LogP) is 1.49. The molecule has 0 unspecified atom stereocenters. The Balaban J connectivity index is 1.63. The molecule has 146 valence electrons. The van der Waals surface area contributed by atoms with Crippen LogP contribution in [0.15, 0.2) is 24.3 Å². The molecule has 1 aromatic carbocycles. The van der Waals surface area contributed by atoms with Gasteiger partial charge in [-0.25, -0.2) is 9.69 Å². The normalized spacial score (nSPS) is 20.9. The summed E-state index contributed by atoms with van der Waals surface area (Å²) in [7, 11) is 0. The number of rotatable bonds is 5. The number of piperazine rings is 1. The largest absolute Gasteiger partial charge is 0.494 e. The van der Waals surface area contributed by atoms with Gasteiger partial charge in [0.1, 0.15) is 5.75 Å². The van der Waals surface area contributed by atoms with Gasteiger partial charge in [-0.1, -0.05) is 0 Å². The first kappa shape index (κ1) is 19.2. The average Bonchev–Trinajstić information content (AvgIpc) is 2.97. The fraction of sp³-hybridized carbons (Fsp3) is 0.526. The maximum atomic E-state index is 12.9. The Hall–Kier alpha value is -2.61. The molecule has 2 aliphatic rings. The number of benzene rings is 1. The molecule has 2 saturated heterocycles. The highest BCUT2D eigenvalue weighted by molar-refractivity contribution is 6.22. The lowest BCUT2D eigenvalue weighted by atomic mass is 10.2. The van der Waals surface area contributed by atoms with Gasteiger partial charge in [0.25, 0.3) is 5.91 Å². The van der Waals surface area contributed by atoms with E-state index in [0.29, 0.717) is 50.8 Å². The molecule has 0 N–H and O–H groups in total. The van der Waals surface area contributed by atoms with E-state index in [9.17, 15) is 14.4 Å². The van der Waals surface area contributed by atoms with Crippen LogP contribution in [-0.4, -0.2) is 73.1 Å². The SMILES string of the molecule is CCOC(=O)N1CCN([C@H]2CC(=O)N(c3ccc(OCC)cc3)C2=O)CC1. The van der Waals surface area contributed by atoms with Crippen molar-refractivity contribution in [2.24, 2.45) is 0 Å². The van der Waals surface area contributed by atoms with Crippen molar-refractivity contribution in [3.8, 4) is 5.75 Å². The topological polar surface area (TPSA) is 79.4 Å². The van der Waals surface area contributed by atoms with Gasteiger partial charge < -0.3 is 14.4 Å². The first-order chi connectivity index (χ1) is 13.0. The minimum atomic E-state index is -0.478. The third kappa shape index (κ3) is 4.05. The Morgan fingerprint density at radius 3 is 2.30 bits per heavy atom. The van der Waals surface area contributed by atoms with Gasteiger partial charge in [0.15, 0.2) is 0 Å². The fourth-order valence-electron chi connectivity index (χ4n) is 3.46. The van der Waals surface area contributed by atoms with Crippen molar-refractivity contribution in [2.75, 3.05) is 44.3 Å². The van der Waals surface area contributed by atoms with E-state index in [2.05, 4.69) is 0 Å². The molecule has 8 nitrogen and oxygen atoms in total. The van der Waals surface area contributed by atoms with Crippen LogP contribution in [0, 0.1) is 0 Å². The van der Waals surface area contributed by atoms with Crippen LogP contribution in [-0.2, 0) is 14.3 Å². The van der Waals surface area contributed by atoms with Crippen LogP contribution < -0.4 is 9.64 Å². The zero-order valence-electron chi connectivity index (χ0n) is 15.7. The van der Waals surface area contributed by atoms with Gasteiger partial charge in [-0.05, 0) is 38.1 Å². The van der Waals surface area contributed by atoms with Crippen LogP contribution >= 0.6 is 0 Å². The van der Waals surface area contributed by atoms with Gasteiger partial charge in [0.05, 0.1) is 31.4 Å². The number of ether oxygens (including phenoxy) is 2. The molecule has 0 saturated carbocycles. The highest BCUT2D eigenvalue weighted by Gasteiger charge is 2.43. The van der Waals surface area contributed by atoms with Crippen molar-refractivity contribution in [3.05, 3.63) is 24.3 Å². The maximum Gasteiger partial charge on any atom is 0.409 e. The summed E-state index contributed by atoms with van der Waals surface area (Å²) in [6.45, 7) is 6.62. The van der Waals surface area contributed by atoms with Crippen molar-refractivity contribution in [2.45, 2.75) is 26.3 Å². The molecular formula is C19H25N3O5. The summed E-state index contributed by atoms with van der Waals surface area (Å²) in [6, 6.07) is 6.48. The van der Waals surface area contributed by atoms with Crippen molar-refractivity contribution < 1.29 is 23.9 Å². The molecular weight excluding hydrogens is 350 g/mol. The Labute approximate surface area is 158 Å². The van der Waals surface area contributed by atoms with Gasteiger partial charge in [-0.2, -0.15) is 0 Å². The molecule has 3 amide bonds. The van der Waals surface area contributed by atoms with Crippen molar-refractivity contribution >= 4 is 23.6 Å². The Morgan fingerprint density at radius 1 is 1.04 bits per heavy atom. The zero-order chi connectivity index (χ0) is 19.4. The molecule has 3 rings (SSSR count). The Morgan fingerprint density at radius 2 is 1.70 bits per heavy atom. The van der Waals surface area contributed by atoms with E-state index >= 15 is 0 Å². The second kappa shape index (κ2) is 8.39. The van der Waals surface area contributed by atoms with Gasteiger partial charge in [0.2, 0.25) is 5.91 Å². The predicted molar refractivity (Wildman–Crippen MR) is 98.7 cm³/mol. The number of hydrogen-bond acceptors (Lipinski definition) is 6. The second-order valence-corrected chi connectivity index (χ2v) is 6.44. The van der Waals surface area contributed by atoms with Crippen LogP contribution in [0.25, 0.3) is 0 Å². The minimum absolute atomic E-state index is 0.158. The van der Waals surface area contributed by atoms with Crippen molar-refractivity contribution in [3.63, 3.8) is 0 Å². The van der Waals surface area contributed by atoms with E-state index in [-0.39, 0.29) is 24.3 Å². The van der Waals surface area contributed by atoms with Crippen LogP contribution in [0.4, 0.5) is 10.5 Å². The molecule has 0 aliphatic carbocycles. The number of amides is 3. The monoisotopic (exact) mass is 375 g/mol. The number of hydrogen-bond donors (Lipinski definition) is 0. The van der Waals surface area contributed by atoms with Crippen LogP contribution in [0.3, 0.4) is 0 Å². The molecule has 0 aromatic heterocycles. The third-order valence-corrected chi connectivity index (χ3v) is 4.81. The molecule has 2 heterocycles. The van der Waals surface area contributed by atoms with Gasteiger partial charge in [-0.15, -0.1) is 0 Å². The van der Waals surface area contributed by atoms with E-state index in [0.717, 1.165) is 0 Å². The van der Waals surface area contributed by atoms with Gasteiger partial charge in [-0.3, -0.25) is 14.5 Å². The second-order valence-electron chi connectivity index (χ2n) is 6.44. The summed E-state index contributed by atoms with van der Waals surface area (Å²) in [4.78, 5) is 42.0. The number of imide groups is 1. The first-order valence-corrected chi connectivity index (χ1v) is 9.30. The lowest BCUT2D eigenvalue weighted by Gasteiger charge is -2.36. The first-order valence-electron chi connectivity index (χ1n) is 9.30. The number of carbonyl (C=O) groups excluding carboxylic acids is 3. The lowest BCUT2D eigenvalue weighted by Crippen LogP contribution is -2.54. The molecule has 1 atom stereocenters. The fourth-order valence-corrected chi connectivity index (χ4v) is 3.46. The molecule has 0 radical (unpaired) electrons. The van der Waals surface area contributed by atoms with Crippen LogP contribution in [0.2, 0.25) is 0 Å². The molecule has 0 spiro atoms. The molecule has 2 aliphatic heterocycles. The minimum Gasteiger partial charge on any atom is -0.494 e. The lowest BCUT2D eigenvalue weighted by molar-refractivity contribution is -0.123. The van der Waals surface area contributed by atoms with E-state index in [1.165, 1.54) is 4.90 Å². The number of anilines is 1. The van der Waals surface area contributed by atoms with Crippen molar-refractivity contribution in [1.29, 1.82) is 0 Å². The third-order valence-electron chi connectivity index (χ3n) is 4.81. The maximum absolute atomic E-state index is 12.9. The Kier molecular flexibility index (Phi) is 5.95. The molecule has 27 heavy (non-hydrogen) atoms. The van der Waals surface area contributed by atoms with E-state index < -0.39 is 6.04 Å². The van der Waals surface area contributed by atoms with E-state index in [1.54, 1.807) is 36.1 Å². The quantitative estimate of drug-likeness (QED) is 0.726. The van der Waals surface area contributed by atoms with E-state index in [1.807, 2.05) is 11.8 Å². The van der Waals surface area contributed by atoms with Gasteiger partial charge >= 0.3 is 6.09 Å². The molecule has 0 bridgehead atoms. The van der Waals surface area contributed by atoms with E-state index in [4.69, 9.17) is 9.47 Å². The van der Waals surface area contributed by atoms with Gasteiger partial charge in [0, 0.05) is 26.2 Å². The highest BCUT2D eigenvalue weighted by atomic mass is 16.6. The molecule has 2 fully saturated rings. The summed E-state index contributed by atoms with van der Waals surface area (Å²) in [5.74, 6) is 0.280. The smallest absolute Gasteiger partial charge is 0.409 e. The van der Waals surface area contributed by atoms with Crippen LogP contribution in [0.1, 0.15) is 20.3 Å². The molecule has 8 heteroatoms. The Bertz CT molecular complexity index is 698. The summed E-state index contributed by atoms with van der Waals surface area (Å²) in [5, 5.41) is 0. The highest BCUT2D eigenvalue weighted by Crippen LogP contribution is 2.28. The molecule has 1 aromatic rings. The van der Waals surface area contributed by atoms with Crippen LogP contribution in [0.5, 0.6) is 5.75 Å². The zero-order valence-corrected chi connectivity index (χ0v) is 15.7. The summed E-state index contributed by atoms with van der Waals surface area (Å²) in [5.41, 5.74) is 0.557.